The van der Waals surface area contributed by atoms with Gasteiger partial charge in [0.05, 0.1) is 22.7 Å². The van der Waals surface area contributed by atoms with E-state index in [-0.39, 0.29) is 32.9 Å². The summed E-state index contributed by atoms with van der Waals surface area (Å²) in [5, 5.41) is 9.88. The maximum atomic E-state index is 13.9. The van der Waals surface area contributed by atoms with Crippen LogP contribution < -0.4 is 0 Å². The van der Waals surface area contributed by atoms with Crippen LogP contribution in [0.25, 0.3) is 22.3 Å². The van der Waals surface area contributed by atoms with Gasteiger partial charge < -0.3 is 9.52 Å². The molecule has 0 aliphatic rings. The van der Waals surface area contributed by atoms with Crippen LogP contribution in [-0.4, -0.2) is 10.1 Å². The van der Waals surface area contributed by atoms with E-state index >= 15 is 0 Å². The Balaban J connectivity index is 2.27. The molecule has 3 aromatic rings. The van der Waals surface area contributed by atoms with Crippen molar-refractivity contribution in [2.45, 2.75) is 13.0 Å². The van der Waals surface area contributed by atoms with Gasteiger partial charge in [-0.15, -0.1) is 0 Å². The van der Waals surface area contributed by atoms with E-state index in [1.165, 1.54) is 31.3 Å². The van der Waals surface area contributed by atoms with Crippen molar-refractivity contribution in [1.29, 1.82) is 0 Å². The Morgan fingerprint density at radius 3 is 2.76 bits per heavy atom. The zero-order valence-electron chi connectivity index (χ0n) is 10.9. The minimum Gasteiger partial charge on any atom is -0.456 e. The molecule has 1 atom stereocenters. The minimum absolute atomic E-state index is 0.0250. The third-order valence-corrected chi connectivity index (χ3v) is 3.50. The average molecular weight is 310 g/mol. The van der Waals surface area contributed by atoms with Crippen molar-refractivity contribution in [3.63, 3.8) is 0 Å². The number of aliphatic hydroxyl groups excluding tert-OH is 1. The lowest BCUT2D eigenvalue weighted by atomic mass is 10.0. The molecule has 0 aliphatic heterocycles. The van der Waals surface area contributed by atoms with Crippen LogP contribution in [0.3, 0.4) is 0 Å². The molecule has 0 spiro atoms. The number of pyridine rings is 1. The van der Waals surface area contributed by atoms with Crippen LogP contribution in [0, 0.1) is 11.6 Å². The van der Waals surface area contributed by atoms with Crippen LogP contribution in [0.15, 0.2) is 35.0 Å². The summed E-state index contributed by atoms with van der Waals surface area (Å²) in [6, 6.07) is 4.32. The first kappa shape index (κ1) is 14.0. The summed E-state index contributed by atoms with van der Waals surface area (Å²) in [6.07, 6.45) is 1.32. The highest BCUT2D eigenvalue weighted by atomic mass is 35.5. The topological polar surface area (TPSA) is 46.3 Å². The van der Waals surface area contributed by atoms with Crippen molar-refractivity contribution in [2.75, 3.05) is 0 Å². The van der Waals surface area contributed by atoms with Gasteiger partial charge in [0.2, 0.25) is 0 Å². The van der Waals surface area contributed by atoms with Crippen molar-refractivity contribution in [3.05, 3.63) is 52.8 Å². The SMILES string of the molecule is CC(O)c1c(F)cncc1-c1cc2c(F)c(Cl)ccc2o1. The fourth-order valence-corrected chi connectivity index (χ4v) is 2.41. The van der Waals surface area contributed by atoms with Gasteiger partial charge in [-0.1, -0.05) is 11.6 Å². The van der Waals surface area contributed by atoms with E-state index in [1.54, 1.807) is 0 Å². The number of furan rings is 1. The number of aromatic nitrogens is 1. The predicted octanol–water partition coefficient (Wildman–Crippen LogP) is 4.48. The molecular formula is C15H10ClF2NO2. The van der Waals surface area contributed by atoms with Crippen LogP contribution in [0.2, 0.25) is 5.02 Å². The molecule has 0 amide bonds. The Kier molecular flexibility index (Phi) is 3.39. The summed E-state index contributed by atoms with van der Waals surface area (Å²) in [4.78, 5) is 3.75. The second-order valence-electron chi connectivity index (χ2n) is 4.64. The van der Waals surface area contributed by atoms with Gasteiger partial charge in [0.15, 0.2) is 5.82 Å². The van der Waals surface area contributed by atoms with E-state index in [4.69, 9.17) is 16.0 Å². The van der Waals surface area contributed by atoms with E-state index in [0.717, 1.165) is 6.20 Å². The first-order chi connectivity index (χ1) is 9.99. The smallest absolute Gasteiger partial charge is 0.152 e. The first-order valence-corrected chi connectivity index (χ1v) is 6.56. The number of rotatable bonds is 2. The number of aliphatic hydroxyl groups is 1. The van der Waals surface area contributed by atoms with Gasteiger partial charge in [-0.25, -0.2) is 8.78 Å². The second-order valence-corrected chi connectivity index (χ2v) is 5.05. The molecule has 0 saturated carbocycles. The van der Waals surface area contributed by atoms with E-state index in [9.17, 15) is 13.9 Å². The number of benzene rings is 1. The Hall–Kier alpha value is -1.98. The second kappa shape index (κ2) is 5.09. The lowest BCUT2D eigenvalue weighted by Crippen LogP contribution is -2.00. The molecule has 0 radical (unpaired) electrons. The molecule has 1 aromatic carbocycles. The summed E-state index contributed by atoms with van der Waals surface area (Å²) in [6.45, 7) is 1.43. The van der Waals surface area contributed by atoms with Crippen LogP contribution in [-0.2, 0) is 0 Å². The van der Waals surface area contributed by atoms with Gasteiger partial charge in [0, 0.05) is 17.3 Å². The first-order valence-electron chi connectivity index (χ1n) is 6.18. The fraction of sp³-hybridized carbons (Fsp3) is 0.133. The van der Waals surface area contributed by atoms with Gasteiger partial charge >= 0.3 is 0 Å². The molecule has 0 aliphatic carbocycles. The van der Waals surface area contributed by atoms with Gasteiger partial charge in [0.25, 0.3) is 0 Å². The third-order valence-electron chi connectivity index (χ3n) is 3.21. The molecule has 0 bridgehead atoms. The lowest BCUT2D eigenvalue weighted by molar-refractivity contribution is 0.194. The molecule has 3 rings (SSSR count). The largest absolute Gasteiger partial charge is 0.456 e. The normalized spacial score (nSPS) is 12.8. The van der Waals surface area contributed by atoms with Gasteiger partial charge in [-0.2, -0.15) is 0 Å². The number of halogens is 3. The monoisotopic (exact) mass is 309 g/mol. The molecule has 2 aromatic heterocycles. The van der Waals surface area contributed by atoms with Crippen LogP contribution in [0.5, 0.6) is 0 Å². The van der Waals surface area contributed by atoms with E-state index in [1.807, 2.05) is 0 Å². The van der Waals surface area contributed by atoms with Crippen molar-refractivity contribution < 1.29 is 18.3 Å². The lowest BCUT2D eigenvalue weighted by Gasteiger charge is -2.10. The maximum absolute atomic E-state index is 13.9. The zero-order chi connectivity index (χ0) is 15.1. The molecule has 21 heavy (non-hydrogen) atoms. The highest BCUT2D eigenvalue weighted by Crippen LogP contribution is 2.35. The van der Waals surface area contributed by atoms with E-state index in [0.29, 0.717) is 0 Å². The summed E-state index contributed by atoms with van der Waals surface area (Å²) in [5.74, 6) is -1.04. The van der Waals surface area contributed by atoms with Crippen LogP contribution in [0.4, 0.5) is 8.78 Å². The number of hydrogen-bond acceptors (Lipinski definition) is 3. The standard InChI is InChI=1S/C15H10ClF2NO2/c1-7(20)14-9(5-19-6-11(14)17)13-4-8-12(21-13)3-2-10(16)15(8)18/h2-7,20H,1H3. The highest BCUT2D eigenvalue weighted by Gasteiger charge is 2.19. The molecule has 6 heteroatoms. The van der Waals surface area contributed by atoms with Gasteiger partial charge in [-0.05, 0) is 25.1 Å². The quantitative estimate of drug-likeness (QED) is 0.759. The van der Waals surface area contributed by atoms with Crippen molar-refractivity contribution >= 4 is 22.6 Å². The summed E-state index contributed by atoms with van der Waals surface area (Å²) in [7, 11) is 0. The zero-order valence-corrected chi connectivity index (χ0v) is 11.7. The minimum atomic E-state index is -1.05. The molecular weight excluding hydrogens is 300 g/mol. The Labute approximate surface area is 123 Å². The molecule has 3 nitrogen and oxygen atoms in total. The Morgan fingerprint density at radius 1 is 1.29 bits per heavy atom. The predicted molar refractivity (Wildman–Crippen MR) is 75.0 cm³/mol. The molecule has 0 fully saturated rings. The van der Waals surface area contributed by atoms with Crippen molar-refractivity contribution in [1.82, 2.24) is 4.98 Å². The number of hydrogen-bond donors (Lipinski definition) is 1. The van der Waals surface area contributed by atoms with Gasteiger partial charge in [-0.3, -0.25) is 4.98 Å². The Bertz CT molecular complexity index is 830. The summed E-state index contributed by atoms with van der Waals surface area (Å²) in [5.41, 5.74) is 0.611. The molecule has 2 heterocycles. The molecule has 108 valence electrons. The molecule has 0 saturated heterocycles. The van der Waals surface area contributed by atoms with E-state index < -0.39 is 17.7 Å². The Morgan fingerprint density at radius 2 is 2.05 bits per heavy atom. The number of fused-ring (bicyclic) bond motifs is 1. The average Bonchev–Trinajstić information content (AvgIpc) is 2.87. The third kappa shape index (κ3) is 2.28. The van der Waals surface area contributed by atoms with Crippen LogP contribution in [0.1, 0.15) is 18.6 Å². The molecule has 1 unspecified atom stereocenters. The summed E-state index contributed by atoms with van der Waals surface area (Å²) >= 11 is 5.72. The highest BCUT2D eigenvalue weighted by molar-refractivity contribution is 6.31. The van der Waals surface area contributed by atoms with Crippen molar-refractivity contribution in [3.8, 4) is 11.3 Å². The van der Waals surface area contributed by atoms with E-state index in [2.05, 4.69) is 4.98 Å². The fourth-order valence-electron chi connectivity index (χ4n) is 2.25. The van der Waals surface area contributed by atoms with Gasteiger partial charge in [0.1, 0.15) is 17.2 Å². The summed E-state index contributed by atoms with van der Waals surface area (Å²) < 4.78 is 33.3. The molecule has 1 N–H and O–H groups in total. The van der Waals surface area contributed by atoms with Crippen molar-refractivity contribution in [2.24, 2.45) is 0 Å². The number of nitrogens with zero attached hydrogens (tertiary/aromatic N) is 1. The van der Waals surface area contributed by atoms with Crippen LogP contribution >= 0.6 is 11.6 Å². The maximum Gasteiger partial charge on any atom is 0.152 e.